The zero-order valence-electron chi connectivity index (χ0n) is 11.5. The van der Waals surface area contributed by atoms with E-state index in [9.17, 15) is 4.39 Å². The van der Waals surface area contributed by atoms with E-state index in [1.807, 2.05) is 0 Å². The van der Waals surface area contributed by atoms with E-state index in [2.05, 4.69) is 33.2 Å². The number of nitrogens with one attached hydrogen (secondary N) is 1. The molecule has 0 amide bonds. The molecule has 2 rings (SSSR count). The number of ether oxygens (including phenoxy) is 1. The highest BCUT2D eigenvalue weighted by Crippen LogP contribution is 2.28. The normalized spacial score (nSPS) is 10.7. The summed E-state index contributed by atoms with van der Waals surface area (Å²) in [4.78, 5) is 4.07. The summed E-state index contributed by atoms with van der Waals surface area (Å²) < 4.78 is 19.9. The summed E-state index contributed by atoms with van der Waals surface area (Å²) in [7, 11) is 0. The molecule has 0 saturated carbocycles. The molecule has 0 radical (unpaired) electrons. The SMILES string of the molecule is CCCNCc1cc(Oc2cc(Br)ccc2F)ncc1Cl. The van der Waals surface area contributed by atoms with E-state index in [-0.39, 0.29) is 5.75 Å². The van der Waals surface area contributed by atoms with Gasteiger partial charge in [-0.25, -0.2) is 9.37 Å². The van der Waals surface area contributed by atoms with E-state index in [0.29, 0.717) is 17.4 Å². The Balaban J connectivity index is 2.16. The van der Waals surface area contributed by atoms with Crippen molar-refractivity contribution >= 4 is 27.5 Å². The van der Waals surface area contributed by atoms with Gasteiger partial charge in [0.25, 0.3) is 0 Å². The molecule has 0 atom stereocenters. The second-order valence-electron chi connectivity index (χ2n) is 4.47. The minimum absolute atomic E-state index is 0.117. The minimum Gasteiger partial charge on any atom is -0.436 e. The standard InChI is InChI=1S/C15H15BrClFN2O/c1-2-5-19-8-10-6-15(20-9-12(10)17)21-14-7-11(16)3-4-13(14)18/h3-4,6-7,9,19H,2,5,8H2,1H3. The van der Waals surface area contributed by atoms with E-state index in [0.717, 1.165) is 23.0 Å². The predicted octanol–water partition coefficient (Wildman–Crippen LogP) is 4.93. The Labute approximate surface area is 136 Å². The van der Waals surface area contributed by atoms with Crippen LogP contribution in [0.1, 0.15) is 18.9 Å². The lowest BCUT2D eigenvalue weighted by Gasteiger charge is -2.10. The summed E-state index contributed by atoms with van der Waals surface area (Å²) in [5.74, 6) is -0.0167. The summed E-state index contributed by atoms with van der Waals surface area (Å²) in [5.41, 5.74) is 0.866. The highest BCUT2D eigenvalue weighted by Gasteiger charge is 2.09. The maximum absolute atomic E-state index is 13.7. The fraction of sp³-hybridized carbons (Fsp3) is 0.267. The second-order valence-corrected chi connectivity index (χ2v) is 5.79. The van der Waals surface area contributed by atoms with Crippen molar-refractivity contribution in [3.05, 3.63) is 51.3 Å². The molecule has 0 spiro atoms. The molecule has 2 aromatic rings. The van der Waals surface area contributed by atoms with Crippen LogP contribution >= 0.6 is 27.5 Å². The summed E-state index contributed by atoms with van der Waals surface area (Å²) in [6.07, 6.45) is 2.55. The molecule has 6 heteroatoms. The third-order valence-corrected chi connectivity index (χ3v) is 3.59. The lowest BCUT2D eigenvalue weighted by Crippen LogP contribution is -2.14. The number of rotatable bonds is 6. The van der Waals surface area contributed by atoms with Crippen molar-refractivity contribution in [2.45, 2.75) is 19.9 Å². The number of hydrogen-bond donors (Lipinski definition) is 1. The zero-order valence-corrected chi connectivity index (χ0v) is 13.8. The molecule has 1 aromatic heterocycles. The van der Waals surface area contributed by atoms with Crippen molar-refractivity contribution in [2.24, 2.45) is 0 Å². The van der Waals surface area contributed by atoms with Crippen LogP contribution in [0.2, 0.25) is 5.02 Å². The Bertz CT molecular complexity index is 625. The number of aromatic nitrogens is 1. The molecule has 3 nitrogen and oxygen atoms in total. The first-order valence-electron chi connectivity index (χ1n) is 6.58. The molecule has 0 unspecified atom stereocenters. The van der Waals surface area contributed by atoms with Gasteiger partial charge in [-0.1, -0.05) is 34.5 Å². The lowest BCUT2D eigenvalue weighted by atomic mass is 10.2. The van der Waals surface area contributed by atoms with Crippen LogP contribution in [0, 0.1) is 5.82 Å². The van der Waals surface area contributed by atoms with Crippen LogP contribution in [0.25, 0.3) is 0 Å². The summed E-state index contributed by atoms with van der Waals surface area (Å²) in [6.45, 7) is 3.60. The van der Waals surface area contributed by atoms with Crippen LogP contribution in [-0.2, 0) is 6.54 Å². The van der Waals surface area contributed by atoms with Crippen molar-refractivity contribution in [3.8, 4) is 11.6 Å². The smallest absolute Gasteiger partial charge is 0.219 e. The van der Waals surface area contributed by atoms with E-state index >= 15 is 0 Å². The molecule has 0 saturated heterocycles. The number of nitrogens with zero attached hydrogens (tertiary/aromatic N) is 1. The number of pyridine rings is 1. The maximum atomic E-state index is 13.7. The molecule has 112 valence electrons. The van der Waals surface area contributed by atoms with Gasteiger partial charge >= 0.3 is 0 Å². The first kappa shape index (κ1) is 16.2. The summed E-state index contributed by atoms with van der Waals surface area (Å²) in [5, 5.41) is 3.81. The molecule has 0 aliphatic carbocycles. The molecular weight excluding hydrogens is 359 g/mol. The molecule has 1 N–H and O–H groups in total. The van der Waals surface area contributed by atoms with Gasteiger partial charge in [0.15, 0.2) is 11.6 Å². The molecule has 0 fully saturated rings. The Morgan fingerprint density at radius 1 is 1.38 bits per heavy atom. The fourth-order valence-electron chi connectivity index (χ4n) is 1.72. The Hall–Kier alpha value is -1.17. The largest absolute Gasteiger partial charge is 0.436 e. The van der Waals surface area contributed by atoms with Crippen LogP contribution in [0.5, 0.6) is 11.6 Å². The highest BCUT2D eigenvalue weighted by molar-refractivity contribution is 9.10. The van der Waals surface area contributed by atoms with Crippen molar-refractivity contribution < 1.29 is 9.13 Å². The second kappa shape index (κ2) is 7.73. The van der Waals surface area contributed by atoms with Crippen LogP contribution in [0.15, 0.2) is 34.9 Å². The number of benzene rings is 1. The third kappa shape index (κ3) is 4.66. The van der Waals surface area contributed by atoms with Gasteiger partial charge in [0, 0.05) is 23.3 Å². The Morgan fingerprint density at radius 2 is 2.19 bits per heavy atom. The monoisotopic (exact) mass is 372 g/mol. The van der Waals surface area contributed by atoms with Crippen LogP contribution in [0.4, 0.5) is 4.39 Å². The molecular formula is C15H15BrClFN2O. The molecule has 1 heterocycles. The fourth-order valence-corrected chi connectivity index (χ4v) is 2.23. The topological polar surface area (TPSA) is 34.1 Å². The van der Waals surface area contributed by atoms with Crippen LogP contribution < -0.4 is 10.1 Å². The first-order chi connectivity index (χ1) is 10.1. The highest BCUT2D eigenvalue weighted by atomic mass is 79.9. The Kier molecular flexibility index (Phi) is 5.96. The predicted molar refractivity (Wildman–Crippen MR) is 85.4 cm³/mol. The molecule has 0 aliphatic rings. The first-order valence-corrected chi connectivity index (χ1v) is 7.75. The molecule has 0 bridgehead atoms. The molecule has 0 aliphatic heterocycles. The van der Waals surface area contributed by atoms with Gasteiger partial charge in [-0.15, -0.1) is 0 Å². The average Bonchev–Trinajstić information content (AvgIpc) is 2.46. The van der Waals surface area contributed by atoms with E-state index in [1.54, 1.807) is 18.2 Å². The van der Waals surface area contributed by atoms with Gasteiger partial charge in [0.1, 0.15) is 0 Å². The zero-order chi connectivity index (χ0) is 15.2. The van der Waals surface area contributed by atoms with Crippen molar-refractivity contribution in [1.82, 2.24) is 10.3 Å². The lowest BCUT2D eigenvalue weighted by molar-refractivity contribution is 0.426. The van der Waals surface area contributed by atoms with Crippen LogP contribution in [0.3, 0.4) is 0 Å². The molecule has 1 aromatic carbocycles. The van der Waals surface area contributed by atoms with Gasteiger partial charge < -0.3 is 10.1 Å². The van der Waals surface area contributed by atoms with Gasteiger partial charge in [-0.3, -0.25) is 0 Å². The van der Waals surface area contributed by atoms with Crippen molar-refractivity contribution in [2.75, 3.05) is 6.54 Å². The van der Waals surface area contributed by atoms with E-state index in [4.69, 9.17) is 16.3 Å². The maximum Gasteiger partial charge on any atom is 0.219 e. The Morgan fingerprint density at radius 3 is 2.95 bits per heavy atom. The number of halogens is 3. The van der Waals surface area contributed by atoms with Gasteiger partial charge in [-0.2, -0.15) is 0 Å². The van der Waals surface area contributed by atoms with Gasteiger partial charge in [0.2, 0.25) is 5.88 Å². The van der Waals surface area contributed by atoms with Crippen molar-refractivity contribution in [1.29, 1.82) is 0 Å². The van der Waals surface area contributed by atoms with Crippen molar-refractivity contribution in [3.63, 3.8) is 0 Å². The summed E-state index contributed by atoms with van der Waals surface area (Å²) in [6, 6.07) is 6.21. The van der Waals surface area contributed by atoms with Gasteiger partial charge in [-0.05, 0) is 36.7 Å². The molecule has 21 heavy (non-hydrogen) atoms. The van der Waals surface area contributed by atoms with E-state index in [1.165, 1.54) is 12.3 Å². The van der Waals surface area contributed by atoms with Gasteiger partial charge in [0.05, 0.1) is 5.02 Å². The minimum atomic E-state index is -0.444. The average molecular weight is 374 g/mol. The third-order valence-electron chi connectivity index (χ3n) is 2.76. The number of hydrogen-bond acceptors (Lipinski definition) is 3. The van der Waals surface area contributed by atoms with Crippen LogP contribution in [-0.4, -0.2) is 11.5 Å². The van der Waals surface area contributed by atoms with E-state index < -0.39 is 5.82 Å². The quantitative estimate of drug-likeness (QED) is 0.729. The summed E-state index contributed by atoms with van der Waals surface area (Å²) >= 11 is 9.37.